The highest BCUT2D eigenvalue weighted by Crippen LogP contribution is 2.17. The fourth-order valence-electron chi connectivity index (χ4n) is 2.45. The molecule has 0 aliphatic rings. The van der Waals surface area contributed by atoms with Crippen molar-refractivity contribution in [3.63, 3.8) is 0 Å². The molecule has 3 rings (SSSR count). The second kappa shape index (κ2) is 7.26. The molecule has 0 bridgehead atoms. The fraction of sp³-hybridized carbons (Fsp3) is 0.167. The summed E-state index contributed by atoms with van der Waals surface area (Å²) < 4.78 is 5.47. The number of nitrogens with two attached hydrogens (primary N) is 1. The van der Waals surface area contributed by atoms with Crippen molar-refractivity contribution < 1.29 is 9.21 Å². The largest absolute Gasteiger partial charge is 0.468 e. The quantitative estimate of drug-likeness (QED) is 0.721. The van der Waals surface area contributed by atoms with Crippen LogP contribution in [0, 0.1) is 0 Å². The zero-order chi connectivity index (χ0) is 16.1. The Labute approximate surface area is 139 Å². The first-order chi connectivity index (χ1) is 11.2. The topological polar surface area (TPSA) is 59.5 Å². The van der Waals surface area contributed by atoms with Crippen LogP contribution < -0.4 is 5.73 Å². The van der Waals surface area contributed by atoms with Crippen molar-refractivity contribution in [2.75, 3.05) is 0 Å². The lowest BCUT2D eigenvalue weighted by molar-refractivity contribution is 0.100. The van der Waals surface area contributed by atoms with Gasteiger partial charge in [-0.05, 0) is 41.3 Å². The van der Waals surface area contributed by atoms with Crippen LogP contribution in [-0.4, -0.2) is 10.8 Å². The van der Waals surface area contributed by atoms with Crippen LogP contribution in [0.25, 0.3) is 0 Å². The number of benzene rings is 1. The van der Waals surface area contributed by atoms with E-state index in [0.717, 1.165) is 31.0 Å². The third kappa shape index (κ3) is 4.31. The van der Waals surface area contributed by atoms with Crippen molar-refractivity contribution in [1.29, 1.82) is 0 Å². The van der Waals surface area contributed by atoms with Crippen molar-refractivity contribution in [2.24, 2.45) is 5.73 Å². The summed E-state index contributed by atoms with van der Waals surface area (Å²) in [6.07, 6.45) is 1.69. The summed E-state index contributed by atoms with van der Waals surface area (Å²) >= 11 is 1.75. The predicted molar refractivity (Wildman–Crippen MR) is 90.9 cm³/mol. The molecule has 0 saturated carbocycles. The predicted octanol–water partition coefficient (Wildman–Crippen LogP) is 3.64. The van der Waals surface area contributed by atoms with Gasteiger partial charge in [-0.15, -0.1) is 11.3 Å². The van der Waals surface area contributed by atoms with Crippen LogP contribution in [0.2, 0.25) is 0 Å². The third-order valence-electron chi connectivity index (χ3n) is 3.56. The maximum atomic E-state index is 11.2. The molecule has 2 aromatic heterocycles. The van der Waals surface area contributed by atoms with E-state index in [1.807, 2.05) is 24.3 Å². The van der Waals surface area contributed by atoms with Crippen LogP contribution in [0.15, 0.2) is 64.6 Å². The van der Waals surface area contributed by atoms with Gasteiger partial charge in [0.15, 0.2) is 0 Å². The second-order valence-electron chi connectivity index (χ2n) is 5.37. The van der Waals surface area contributed by atoms with E-state index in [1.54, 1.807) is 29.7 Å². The van der Waals surface area contributed by atoms with E-state index in [1.165, 1.54) is 4.88 Å². The molecule has 1 amide bonds. The molecule has 23 heavy (non-hydrogen) atoms. The molecule has 0 saturated heterocycles. The number of furan rings is 1. The number of hydrogen-bond acceptors (Lipinski definition) is 4. The summed E-state index contributed by atoms with van der Waals surface area (Å²) in [5.41, 5.74) is 6.95. The van der Waals surface area contributed by atoms with Gasteiger partial charge < -0.3 is 10.2 Å². The van der Waals surface area contributed by atoms with Crippen molar-refractivity contribution in [3.05, 3.63) is 81.9 Å². The van der Waals surface area contributed by atoms with Gasteiger partial charge in [0.05, 0.1) is 12.8 Å². The minimum Gasteiger partial charge on any atom is -0.468 e. The summed E-state index contributed by atoms with van der Waals surface area (Å²) in [6, 6.07) is 15.5. The first kappa shape index (κ1) is 15.5. The molecule has 5 heteroatoms. The van der Waals surface area contributed by atoms with Crippen LogP contribution in [0.5, 0.6) is 0 Å². The average Bonchev–Trinajstić information content (AvgIpc) is 3.21. The minimum atomic E-state index is -0.400. The molecule has 0 unspecified atom stereocenters. The molecule has 0 radical (unpaired) electrons. The van der Waals surface area contributed by atoms with Gasteiger partial charge in [-0.2, -0.15) is 0 Å². The lowest BCUT2D eigenvalue weighted by Gasteiger charge is -2.20. The van der Waals surface area contributed by atoms with Crippen LogP contribution in [0.3, 0.4) is 0 Å². The summed E-state index contributed by atoms with van der Waals surface area (Å²) in [5, 5.41) is 2.09. The number of amides is 1. The normalized spacial score (nSPS) is 11.0. The van der Waals surface area contributed by atoms with Crippen molar-refractivity contribution >= 4 is 17.2 Å². The SMILES string of the molecule is NC(=O)c1ccc(CN(Cc2ccco2)Cc2cccs2)cc1. The summed E-state index contributed by atoms with van der Waals surface area (Å²) in [4.78, 5) is 14.8. The zero-order valence-electron chi connectivity index (χ0n) is 12.6. The van der Waals surface area contributed by atoms with Crippen molar-refractivity contribution in [3.8, 4) is 0 Å². The Bertz CT molecular complexity index is 698. The van der Waals surface area contributed by atoms with E-state index >= 15 is 0 Å². The highest BCUT2D eigenvalue weighted by Gasteiger charge is 2.11. The van der Waals surface area contributed by atoms with Crippen LogP contribution in [-0.2, 0) is 19.6 Å². The Morgan fingerprint density at radius 3 is 2.48 bits per heavy atom. The minimum absolute atomic E-state index is 0.400. The van der Waals surface area contributed by atoms with Crippen molar-refractivity contribution in [2.45, 2.75) is 19.6 Å². The highest BCUT2D eigenvalue weighted by atomic mass is 32.1. The molecule has 0 fully saturated rings. The Morgan fingerprint density at radius 2 is 1.87 bits per heavy atom. The van der Waals surface area contributed by atoms with Crippen molar-refractivity contribution in [1.82, 2.24) is 4.90 Å². The summed E-state index contributed by atoms with van der Waals surface area (Å²) in [7, 11) is 0. The number of thiophene rings is 1. The molecule has 3 aromatic rings. The first-order valence-electron chi connectivity index (χ1n) is 7.36. The standard InChI is InChI=1S/C18H18N2O2S/c19-18(21)15-7-5-14(6-8-15)11-20(12-16-3-1-9-22-16)13-17-4-2-10-23-17/h1-10H,11-13H2,(H2,19,21). The number of carbonyl (C=O) groups is 1. The van der Waals surface area contributed by atoms with E-state index in [9.17, 15) is 4.79 Å². The lowest BCUT2D eigenvalue weighted by Crippen LogP contribution is -2.21. The van der Waals surface area contributed by atoms with E-state index in [2.05, 4.69) is 22.4 Å². The summed E-state index contributed by atoms with van der Waals surface area (Å²) in [6.45, 7) is 2.37. The molecule has 4 nitrogen and oxygen atoms in total. The van der Waals surface area contributed by atoms with Crippen LogP contribution >= 0.6 is 11.3 Å². The van der Waals surface area contributed by atoms with Crippen LogP contribution in [0.4, 0.5) is 0 Å². The lowest BCUT2D eigenvalue weighted by atomic mass is 10.1. The van der Waals surface area contributed by atoms with Gasteiger partial charge >= 0.3 is 0 Å². The van der Waals surface area contributed by atoms with E-state index in [4.69, 9.17) is 10.2 Å². The number of rotatable bonds is 7. The molecule has 0 spiro atoms. The molecule has 2 N–H and O–H groups in total. The Kier molecular flexibility index (Phi) is 4.90. The molecular weight excluding hydrogens is 308 g/mol. The number of carbonyl (C=O) groups excluding carboxylic acids is 1. The Morgan fingerprint density at radius 1 is 1.04 bits per heavy atom. The molecule has 0 aliphatic heterocycles. The smallest absolute Gasteiger partial charge is 0.248 e. The number of hydrogen-bond donors (Lipinski definition) is 1. The number of nitrogens with zero attached hydrogens (tertiary/aromatic N) is 1. The van der Waals surface area contributed by atoms with E-state index in [0.29, 0.717) is 5.56 Å². The molecule has 0 atom stereocenters. The Balaban J connectivity index is 1.73. The highest BCUT2D eigenvalue weighted by molar-refractivity contribution is 7.09. The zero-order valence-corrected chi connectivity index (χ0v) is 13.5. The van der Waals surface area contributed by atoms with Gasteiger partial charge in [0, 0.05) is 23.5 Å². The fourth-order valence-corrected chi connectivity index (χ4v) is 3.19. The van der Waals surface area contributed by atoms with Gasteiger partial charge in [0.2, 0.25) is 5.91 Å². The van der Waals surface area contributed by atoms with Gasteiger partial charge in [-0.3, -0.25) is 9.69 Å². The maximum absolute atomic E-state index is 11.2. The second-order valence-corrected chi connectivity index (χ2v) is 6.40. The Hall–Kier alpha value is -2.37. The maximum Gasteiger partial charge on any atom is 0.248 e. The van der Waals surface area contributed by atoms with Gasteiger partial charge in [-0.25, -0.2) is 0 Å². The summed E-state index contributed by atoms with van der Waals surface area (Å²) in [5.74, 6) is 0.540. The molecule has 118 valence electrons. The molecule has 2 heterocycles. The third-order valence-corrected chi connectivity index (χ3v) is 4.42. The number of primary amides is 1. The molecule has 1 aromatic carbocycles. The first-order valence-corrected chi connectivity index (χ1v) is 8.24. The van der Waals surface area contributed by atoms with Gasteiger partial charge in [-0.1, -0.05) is 18.2 Å². The van der Waals surface area contributed by atoms with E-state index < -0.39 is 5.91 Å². The van der Waals surface area contributed by atoms with Crippen LogP contribution in [0.1, 0.15) is 26.6 Å². The molecule has 0 aliphatic carbocycles. The average molecular weight is 326 g/mol. The van der Waals surface area contributed by atoms with Gasteiger partial charge in [0.1, 0.15) is 5.76 Å². The molecular formula is C18H18N2O2S. The van der Waals surface area contributed by atoms with E-state index in [-0.39, 0.29) is 0 Å². The monoisotopic (exact) mass is 326 g/mol. The van der Waals surface area contributed by atoms with Gasteiger partial charge in [0.25, 0.3) is 0 Å².